The fourth-order valence-electron chi connectivity index (χ4n) is 4.90. The molecule has 1 unspecified atom stereocenters. The molecule has 1 atom stereocenters. The van der Waals surface area contributed by atoms with Gasteiger partial charge in [-0.2, -0.15) is 0 Å². The highest BCUT2D eigenvalue weighted by atomic mass is 16.6. The van der Waals surface area contributed by atoms with E-state index in [0.717, 1.165) is 25.0 Å². The molecule has 1 aromatic carbocycles. The Morgan fingerprint density at radius 1 is 0.775 bits per heavy atom. The maximum Gasteiger partial charge on any atom is 0.338 e. The minimum absolute atomic E-state index is 0.204. The van der Waals surface area contributed by atoms with Crippen LogP contribution in [-0.2, 0) is 20.8 Å². The molecule has 0 amide bonds. The van der Waals surface area contributed by atoms with Gasteiger partial charge in [0.05, 0.1) is 12.2 Å². The Morgan fingerprint density at radius 3 is 2.02 bits per heavy atom. The van der Waals surface area contributed by atoms with Crippen LogP contribution in [0.1, 0.15) is 126 Å². The zero-order valence-electron chi connectivity index (χ0n) is 25.8. The van der Waals surface area contributed by atoms with E-state index in [1.807, 2.05) is 49.2 Å². The molecule has 1 aromatic rings. The molecule has 1 aliphatic rings. The SMILES string of the molecule is CCCCCCCCCCCCCCCCOCC(COC(=O)c1cccc(CN2[CH]N(C)C=C2)c1)OCCC. The van der Waals surface area contributed by atoms with Crippen LogP contribution < -0.4 is 0 Å². The number of hydrogen-bond acceptors (Lipinski definition) is 6. The van der Waals surface area contributed by atoms with Crippen molar-refractivity contribution in [3.8, 4) is 0 Å². The van der Waals surface area contributed by atoms with Crippen molar-refractivity contribution in [2.75, 3.05) is 33.5 Å². The van der Waals surface area contributed by atoms with Crippen LogP contribution in [0.2, 0.25) is 0 Å². The normalized spacial score (nSPS) is 13.8. The summed E-state index contributed by atoms with van der Waals surface area (Å²) in [5.74, 6) is -0.322. The van der Waals surface area contributed by atoms with E-state index in [1.54, 1.807) is 6.07 Å². The van der Waals surface area contributed by atoms with Gasteiger partial charge in [0.15, 0.2) is 0 Å². The Balaban J connectivity index is 1.52. The van der Waals surface area contributed by atoms with Crippen molar-refractivity contribution in [2.45, 2.75) is 123 Å². The standard InChI is InChI=1S/C34H57N2O4/c1-4-6-7-8-9-10-11-12-13-14-15-16-17-18-25-38-28-33(39-24-5-2)29-40-34(37)32-21-19-20-31(26-32)27-36-23-22-35(3)30-36/h19-23,26,30,33H,4-18,24-25,27-29H2,1-3H3. The van der Waals surface area contributed by atoms with Crippen LogP contribution in [0.3, 0.4) is 0 Å². The lowest BCUT2D eigenvalue weighted by Crippen LogP contribution is -2.28. The summed E-state index contributed by atoms with van der Waals surface area (Å²) in [4.78, 5) is 16.8. The van der Waals surface area contributed by atoms with Crippen molar-refractivity contribution >= 4 is 5.97 Å². The van der Waals surface area contributed by atoms with Gasteiger partial charge in [-0.25, -0.2) is 4.79 Å². The number of rotatable bonds is 25. The largest absolute Gasteiger partial charge is 0.459 e. The summed E-state index contributed by atoms with van der Waals surface area (Å²) in [6.07, 6.45) is 23.6. The van der Waals surface area contributed by atoms with Gasteiger partial charge in [-0.15, -0.1) is 0 Å². The van der Waals surface area contributed by atoms with Gasteiger partial charge < -0.3 is 24.0 Å². The van der Waals surface area contributed by atoms with Crippen molar-refractivity contribution in [3.63, 3.8) is 0 Å². The van der Waals surface area contributed by atoms with Crippen molar-refractivity contribution in [1.29, 1.82) is 0 Å². The van der Waals surface area contributed by atoms with Crippen LogP contribution in [-0.4, -0.2) is 55.3 Å². The van der Waals surface area contributed by atoms with E-state index in [2.05, 4.69) is 18.7 Å². The zero-order chi connectivity index (χ0) is 28.7. The van der Waals surface area contributed by atoms with E-state index >= 15 is 0 Å². The Morgan fingerprint density at radius 2 is 1.43 bits per heavy atom. The average molecular weight is 558 g/mol. The summed E-state index contributed by atoms with van der Waals surface area (Å²) in [5.41, 5.74) is 1.62. The van der Waals surface area contributed by atoms with Crippen molar-refractivity contribution in [1.82, 2.24) is 9.80 Å². The second-order valence-corrected chi connectivity index (χ2v) is 11.2. The summed E-state index contributed by atoms with van der Waals surface area (Å²) >= 11 is 0. The molecule has 227 valence electrons. The lowest BCUT2D eigenvalue weighted by Gasteiger charge is -2.19. The van der Waals surface area contributed by atoms with Crippen molar-refractivity contribution in [2.24, 2.45) is 0 Å². The summed E-state index contributed by atoms with van der Waals surface area (Å²) in [6, 6.07) is 7.63. The van der Waals surface area contributed by atoms with E-state index in [9.17, 15) is 4.79 Å². The molecule has 1 aliphatic heterocycles. The quantitative estimate of drug-likeness (QED) is 0.0888. The van der Waals surface area contributed by atoms with Gasteiger partial charge >= 0.3 is 5.97 Å². The monoisotopic (exact) mass is 557 g/mol. The number of benzene rings is 1. The van der Waals surface area contributed by atoms with E-state index in [-0.39, 0.29) is 18.7 Å². The summed E-state index contributed by atoms with van der Waals surface area (Å²) < 4.78 is 17.4. The third kappa shape index (κ3) is 16.3. The van der Waals surface area contributed by atoms with Gasteiger partial charge in [0.2, 0.25) is 0 Å². The second-order valence-electron chi connectivity index (χ2n) is 11.2. The highest BCUT2D eigenvalue weighted by Gasteiger charge is 2.16. The molecule has 6 heteroatoms. The Bertz CT molecular complexity index is 800. The molecule has 2 rings (SSSR count). The number of carbonyl (C=O) groups excluding carboxylic acids is 1. The molecule has 0 N–H and O–H groups in total. The van der Waals surface area contributed by atoms with Crippen LogP contribution in [0.15, 0.2) is 36.7 Å². The molecule has 1 heterocycles. The van der Waals surface area contributed by atoms with Gasteiger partial charge in [-0.05, 0) is 30.5 Å². The van der Waals surface area contributed by atoms with Crippen LogP contribution in [0.5, 0.6) is 0 Å². The van der Waals surface area contributed by atoms with Crippen LogP contribution >= 0.6 is 0 Å². The summed E-state index contributed by atoms with van der Waals surface area (Å²) in [7, 11) is 1.99. The Hall–Kier alpha value is -2.05. The first-order valence-electron chi connectivity index (χ1n) is 16.1. The minimum Gasteiger partial charge on any atom is -0.459 e. The molecule has 0 aliphatic carbocycles. The van der Waals surface area contributed by atoms with Crippen LogP contribution in [0, 0.1) is 6.67 Å². The lowest BCUT2D eigenvalue weighted by atomic mass is 10.0. The first kappa shape index (κ1) is 34.2. The van der Waals surface area contributed by atoms with Gasteiger partial charge in [0.25, 0.3) is 0 Å². The van der Waals surface area contributed by atoms with Gasteiger partial charge in [-0.1, -0.05) is 109 Å². The van der Waals surface area contributed by atoms with Crippen molar-refractivity contribution in [3.05, 3.63) is 54.5 Å². The number of hydrogen-bond donors (Lipinski definition) is 0. The third-order valence-electron chi connectivity index (χ3n) is 7.26. The molecular weight excluding hydrogens is 500 g/mol. The van der Waals surface area contributed by atoms with E-state index in [0.29, 0.717) is 25.3 Å². The average Bonchev–Trinajstić information content (AvgIpc) is 3.37. The predicted molar refractivity (Wildman–Crippen MR) is 165 cm³/mol. The maximum absolute atomic E-state index is 12.7. The minimum atomic E-state index is -0.322. The van der Waals surface area contributed by atoms with Crippen LogP contribution in [0.25, 0.3) is 0 Å². The van der Waals surface area contributed by atoms with Gasteiger partial charge in [0.1, 0.15) is 19.4 Å². The maximum atomic E-state index is 12.7. The number of nitrogens with zero attached hydrogens (tertiary/aromatic N) is 2. The molecule has 0 saturated heterocycles. The van der Waals surface area contributed by atoms with Crippen LogP contribution in [0.4, 0.5) is 0 Å². The number of ether oxygens (including phenoxy) is 3. The molecular formula is C34H57N2O4. The molecule has 0 bridgehead atoms. The van der Waals surface area contributed by atoms with Crippen molar-refractivity contribution < 1.29 is 19.0 Å². The molecule has 6 nitrogen and oxygen atoms in total. The fraction of sp³-hybridized carbons (Fsp3) is 0.706. The second kappa shape index (κ2) is 22.6. The Labute approximate surface area is 245 Å². The molecule has 0 saturated carbocycles. The number of carbonyl (C=O) groups is 1. The van der Waals surface area contributed by atoms with Gasteiger partial charge in [0, 0.05) is 39.2 Å². The molecule has 0 spiro atoms. The fourth-order valence-corrected chi connectivity index (χ4v) is 4.90. The topological polar surface area (TPSA) is 51.2 Å². The molecule has 40 heavy (non-hydrogen) atoms. The molecule has 0 aromatic heterocycles. The highest BCUT2D eigenvalue weighted by molar-refractivity contribution is 5.89. The molecule has 1 radical (unpaired) electrons. The first-order valence-corrected chi connectivity index (χ1v) is 16.1. The van der Waals surface area contributed by atoms with Gasteiger partial charge in [-0.3, -0.25) is 0 Å². The number of esters is 1. The summed E-state index contributed by atoms with van der Waals surface area (Å²) in [6.45, 7) is 9.10. The van der Waals surface area contributed by atoms with E-state index in [4.69, 9.17) is 14.2 Å². The number of unbranched alkanes of at least 4 members (excludes halogenated alkanes) is 13. The Kier molecular flexibility index (Phi) is 19.3. The lowest BCUT2D eigenvalue weighted by molar-refractivity contribution is -0.0500. The summed E-state index contributed by atoms with van der Waals surface area (Å²) in [5, 5.41) is 0. The molecule has 0 fully saturated rings. The smallest absolute Gasteiger partial charge is 0.338 e. The zero-order valence-corrected chi connectivity index (χ0v) is 25.8. The third-order valence-corrected chi connectivity index (χ3v) is 7.26. The van der Waals surface area contributed by atoms with E-state index < -0.39 is 0 Å². The van der Waals surface area contributed by atoms with E-state index in [1.165, 1.54) is 83.5 Å². The highest BCUT2D eigenvalue weighted by Crippen LogP contribution is 2.16. The predicted octanol–water partition coefficient (Wildman–Crippen LogP) is 8.47. The first-order chi connectivity index (χ1) is 19.6.